The van der Waals surface area contributed by atoms with E-state index in [0.717, 1.165) is 0 Å². The molecule has 1 heterocycles. The molecule has 0 amide bonds. The minimum atomic E-state index is 0.0301. The first-order valence-electron chi connectivity index (χ1n) is 13.0. The van der Waals surface area contributed by atoms with Crippen molar-refractivity contribution in [2.24, 2.45) is 9.98 Å². The number of nitrogens with zero attached hydrogens (tertiary/aromatic N) is 2. The zero-order valence-electron chi connectivity index (χ0n) is 23.1. The number of methoxy groups -OCH3 is 1. The van der Waals surface area contributed by atoms with E-state index < -0.39 is 0 Å². The van der Waals surface area contributed by atoms with Crippen molar-refractivity contribution >= 4 is 18.4 Å². The smallest absolute Gasteiger partial charge is 0.238 e. The molecule has 1 aliphatic heterocycles. The van der Waals surface area contributed by atoms with E-state index >= 15 is 0 Å². The van der Waals surface area contributed by atoms with Gasteiger partial charge in [0, 0.05) is 19.5 Å². The summed E-state index contributed by atoms with van der Waals surface area (Å²) in [6, 6.07) is 0. The van der Waals surface area contributed by atoms with E-state index in [1.54, 1.807) is 7.11 Å². The van der Waals surface area contributed by atoms with Gasteiger partial charge in [-0.2, -0.15) is 0 Å². The second-order valence-corrected chi connectivity index (χ2v) is 7.21. The fourth-order valence-electron chi connectivity index (χ4n) is 2.36. The molecule has 0 spiro atoms. The summed E-state index contributed by atoms with van der Waals surface area (Å²) in [5, 5.41) is 8.54. The summed E-state index contributed by atoms with van der Waals surface area (Å²) in [5.74, 6) is 1.66. The second-order valence-electron chi connectivity index (χ2n) is 7.21. The molecule has 14 heteroatoms. The summed E-state index contributed by atoms with van der Waals surface area (Å²) in [6.45, 7) is 9.89. The van der Waals surface area contributed by atoms with Gasteiger partial charge in [-0.3, -0.25) is 0 Å². The largest absolute Gasteiger partial charge is 0.394 e. The van der Waals surface area contributed by atoms with Crippen LogP contribution < -0.4 is 0 Å². The van der Waals surface area contributed by atoms with Crippen LogP contribution in [-0.4, -0.2) is 163 Å². The lowest BCUT2D eigenvalue weighted by atomic mass is 10.6. The van der Waals surface area contributed by atoms with E-state index in [9.17, 15) is 4.79 Å². The fraction of sp³-hybridized carbons (Fsp3) is 0.840. The van der Waals surface area contributed by atoms with Crippen molar-refractivity contribution in [3.05, 3.63) is 5.82 Å². The fourth-order valence-corrected chi connectivity index (χ4v) is 2.36. The molecule has 0 saturated carbocycles. The third kappa shape index (κ3) is 32.5. The first-order chi connectivity index (χ1) is 19.3. The number of carbonyl (C=O) groups excluding carboxylic acids is 1. The Balaban J connectivity index is 0.00000177. The van der Waals surface area contributed by atoms with Crippen LogP contribution in [0.2, 0.25) is 0 Å². The summed E-state index contributed by atoms with van der Waals surface area (Å²) < 4.78 is 52.9. The molecule has 0 unspecified atom stereocenters. The summed E-state index contributed by atoms with van der Waals surface area (Å²) in [7, 11) is 1.64. The van der Waals surface area contributed by atoms with Gasteiger partial charge in [0.05, 0.1) is 132 Å². The summed E-state index contributed by atoms with van der Waals surface area (Å²) >= 11 is 0. The molecule has 1 aliphatic rings. The Bertz CT molecular complexity index is 560. The van der Waals surface area contributed by atoms with Crippen molar-refractivity contribution in [2.45, 2.75) is 0 Å². The number of aliphatic hydroxyl groups is 1. The predicted molar refractivity (Wildman–Crippen MR) is 143 cm³/mol. The lowest BCUT2D eigenvalue weighted by Gasteiger charge is -2.08. The highest BCUT2D eigenvalue weighted by molar-refractivity contribution is 6.18. The van der Waals surface area contributed by atoms with Crippen LogP contribution in [-0.2, 0) is 52.2 Å². The number of aliphatic hydroxyl groups excluding tert-OH is 1. The molecule has 0 aromatic rings. The van der Waals surface area contributed by atoms with Crippen LogP contribution in [0.4, 0.5) is 0 Å². The van der Waals surface area contributed by atoms with Crippen LogP contribution in [0.25, 0.3) is 0 Å². The highest BCUT2D eigenvalue weighted by Crippen LogP contribution is 1.93. The zero-order chi connectivity index (χ0) is 28.3. The van der Waals surface area contributed by atoms with Crippen LogP contribution in [0.15, 0.2) is 15.8 Å². The molecule has 228 valence electrons. The van der Waals surface area contributed by atoms with Crippen molar-refractivity contribution in [1.29, 1.82) is 0 Å². The lowest BCUT2D eigenvalue weighted by molar-refractivity contribution is -0.0263. The molecule has 0 aliphatic carbocycles. The molecular formula is C25H46N2O12. The van der Waals surface area contributed by atoms with Crippen LogP contribution in [0, 0.1) is 0 Å². The Morgan fingerprint density at radius 3 is 0.974 bits per heavy atom. The van der Waals surface area contributed by atoms with Gasteiger partial charge >= 0.3 is 0 Å². The number of hydrogen-bond acceptors (Lipinski definition) is 14. The normalized spacial score (nSPS) is 12.1. The minimum absolute atomic E-state index is 0.0301. The van der Waals surface area contributed by atoms with E-state index in [-0.39, 0.29) is 12.4 Å². The number of hydrogen-bond donors (Lipinski definition) is 1. The van der Waals surface area contributed by atoms with E-state index in [4.69, 9.17) is 52.5 Å². The van der Waals surface area contributed by atoms with E-state index in [1.807, 2.05) is 0 Å². The van der Waals surface area contributed by atoms with Crippen molar-refractivity contribution in [1.82, 2.24) is 0 Å². The monoisotopic (exact) mass is 566 g/mol. The maximum Gasteiger partial charge on any atom is 0.238 e. The van der Waals surface area contributed by atoms with Gasteiger partial charge in [0.2, 0.25) is 5.82 Å². The molecule has 0 fully saturated rings. The molecule has 0 bridgehead atoms. The summed E-state index contributed by atoms with van der Waals surface area (Å²) in [6.07, 6.45) is 2.89. The van der Waals surface area contributed by atoms with Crippen LogP contribution >= 0.6 is 0 Å². The average molecular weight is 567 g/mol. The minimum Gasteiger partial charge on any atom is -0.394 e. The standard InChI is InChI=1S/C21H44O11.C4H2N2O/c1-23-4-5-25-8-9-27-12-13-29-16-17-31-20-21-32-19-18-30-15-14-28-11-10-26-7-6-24-3-2-22;7-3-4-5-1-2-6-4/h22H,2-21H2,1H3;1-2H. The molecule has 39 heavy (non-hydrogen) atoms. The third-order valence-electron chi connectivity index (χ3n) is 4.20. The molecular weight excluding hydrogens is 520 g/mol. The van der Waals surface area contributed by atoms with Gasteiger partial charge in [-0.1, -0.05) is 0 Å². The predicted octanol–water partition coefficient (Wildman–Crippen LogP) is -0.411. The zero-order valence-corrected chi connectivity index (χ0v) is 23.1. The third-order valence-corrected chi connectivity index (χ3v) is 4.20. The highest BCUT2D eigenvalue weighted by Gasteiger charge is 1.95. The summed E-state index contributed by atoms with van der Waals surface area (Å²) in [5.41, 5.74) is 0. The van der Waals surface area contributed by atoms with Gasteiger partial charge in [0.1, 0.15) is 0 Å². The molecule has 1 N–H and O–H groups in total. The molecule has 0 aromatic heterocycles. The molecule has 1 rings (SSSR count). The van der Waals surface area contributed by atoms with E-state index in [0.29, 0.717) is 126 Å². The highest BCUT2D eigenvalue weighted by atomic mass is 16.6. The average Bonchev–Trinajstić information content (AvgIpc) is 3.49. The number of aliphatic imine (C=N–C) groups is 2. The second kappa shape index (κ2) is 34.4. The summed E-state index contributed by atoms with van der Waals surface area (Å²) in [4.78, 5) is 16.6. The Hall–Kier alpha value is -1.65. The molecule has 0 saturated heterocycles. The first kappa shape index (κ1) is 37.4. The maximum atomic E-state index is 9.62. The Morgan fingerprint density at radius 2 is 0.769 bits per heavy atom. The Labute approximate surface area is 231 Å². The Morgan fingerprint density at radius 1 is 0.513 bits per heavy atom. The molecule has 0 radical (unpaired) electrons. The van der Waals surface area contributed by atoms with Crippen molar-refractivity contribution in [3.8, 4) is 0 Å². The van der Waals surface area contributed by atoms with Gasteiger partial charge in [-0.25, -0.2) is 14.8 Å². The van der Waals surface area contributed by atoms with E-state index in [2.05, 4.69) is 9.98 Å². The van der Waals surface area contributed by atoms with Crippen LogP contribution in [0.1, 0.15) is 0 Å². The van der Waals surface area contributed by atoms with Gasteiger partial charge in [-0.15, -0.1) is 0 Å². The van der Waals surface area contributed by atoms with Crippen molar-refractivity contribution in [2.75, 3.05) is 139 Å². The number of ether oxygens (including phenoxy) is 10. The van der Waals surface area contributed by atoms with Gasteiger partial charge in [0.25, 0.3) is 0 Å². The molecule has 0 atom stereocenters. The van der Waals surface area contributed by atoms with Gasteiger partial charge in [-0.05, 0) is 0 Å². The van der Waals surface area contributed by atoms with Crippen LogP contribution in [0.3, 0.4) is 0 Å². The maximum absolute atomic E-state index is 9.62. The van der Waals surface area contributed by atoms with Gasteiger partial charge in [0.15, 0.2) is 5.94 Å². The molecule has 0 aromatic carbocycles. The topological polar surface area (TPSA) is 154 Å². The molecule has 14 nitrogen and oxygen atoms in total. The van der Waals surface area contributed by atoms with E-state index in [1.165, 1.54) is 18.4 Å². The van der Waals surface area contributed by atoms with Crippen molar-refractivity contribution in [3.63, 3.8) is 0 Å². The van der Waals surface area contributed by atoms with Crippen LogP contribution in [0.5, 0.6) is 0 Å². The quantitative estimate of drug-likeness (QED) is 0.0924. The first-order valence-corrected chi connectivity index (χ1v) is 13.0. The van der Waals surface area contributed by atoms with Crippen molar-refractivity contribution < 1.29 is 57.3 Å². The SMILES string of the molecule is COCCOCCOCCOCCOCCOCCOCCOCCOCCOCCO.O=C=C1N=CC=N1. The Kier molecular flexibility index (Phi) is 32.9. The number of rotatable bonds is 29. The van der Waals surface area contributed by atoms with Gasteiger partial charge < -0.3 is 52.5 Å². The lowest BCUT2D eigenvalue weighted by Crippen LogP contribution is -2.15.